The van der Waals surface area contributed by atoms with Crippen LogP contribution in [0.4, 0.5) is 5.69 Å². The number of anilines is 1. The van der Waals surface area contributed by atoms with Crippen LogP contribution in [0, 0.1) is 0 Å². The summed E-state index contributed by atoms with van der Waals surface area (Å²) in [6.07, 6.45) is 1.68. The highest BCUT2D eigenvalue weighted by Crippen LogP contribution is 2.41. The van der Waals surface area contributed by atoms with Crippen LogP contribution in [-0.4, -0.2) is 37.0 Å². The second kappa shape index (κ2) is 10.2. The van der Waals surface area contributed by atoms with E-state index >= 15 is 0 Å². The van der Waals surface area contributed by atoms with E-state index in [2.05, 4.69) is 20.7 Å². The Kier molecular flexibility index (Phi) is 7.87. The van der Waals surface area contributed by atoms with Crippen molar-refractivity contribution in [2.24, 2.45) is 0 Å². The maximum atomic E-state index is 13.0. The Morgan fingerprint density at radius 1 is 1.23 bits per heavy atom. The molecule has 0 N–H and O–H groups in total. The molecule has 0 radical (unpaired) electrons. The average Bonchev–Trinajstić information content (AvgIpc) is 3.01. The van der Waals surface area contributed by atoms with Gasteiger partial charge in [0.2, 0.25) is 0 Å². The molecular formula is C20H14BrCl2NO5S2. The molecule has 1 amide bonds. The predicted octanol–water partition coefficient (Wildman–Crippen LogP) is 5.72. The number of carbonyl (C=O) groups is 2. The van der Waals surface area contributed by atoms with Gasteiger partial charge in [-0.3, -0.25) is 9.69 Å². The first kappa shape index (κ1) is 23.9. The van der Waals surface area contributed by atoms with E-state index in [-0.39, 0.29) is 12.5 Å². The fourth-order valence-electron chi connectivity index (χ4n) is 2.61. The average molecular weight is 563 g/mol. The molecule has 1 heterocycles. The highest BCUT2D eigenvalue weighted by atomic mass is 79.9. The molecule has 11 heteroatoms. The Hall–Kier alpha value is -1.78. The fourth-order valence-corrected chi connectivity index (χ4v) is 4.81. The number of rotatable bonds is 6. The van der Waals surface area contributed by atoms with Crippen molar-refractivity contribution < 1.29 is 23.8 Å². The number of thioether (sulfide) groups is 1. The SMILES string of the molecule is COC(=O)COc1cc(Br)c(/C=C2\SC(=S)N(c3ccc(Cl)cc3Cl)C2=O)cc1OC. The molecule has 0 unspecified atom stereocenters. The molecule has 6 nitrogen and oxygen atoms in total. The molecule has 0 aliphatic carbocycles. The minimum Gasteiger partial charge on any atom is -0.493 e. The van der Waals surface area contributed by atoms with Crippen LogP contribution in [0.3, 0.4) is 0 Å². The first-order valence-corrected chi connectivity index (χ1v) is 11.3. The largest absolute Gasteiger partial charge is 0.493 e. The summed E-state index contributed by atoms with van der Waals surface area (Å²) < 4.78 is 16.3. The number of thiocarbonyl (C=S) groups is 1. The molecule has 1 aliphatic heterocycles. The van der Waals surface area contributed by atoms with Gasteiger partial charge in [0.05, 0.1) is 29.8 Å². The first-order valence-electron chi connectivity index (χ1n) is 8.55. The van der Waals surface area contributed by atoms with Gasteiger partial charge in [0, 0.05) is 9.50 Å². The van der Waals surface area contributed by atoms with Gasteiger partial charge in [-0.15, -0.1) is 0 Å². The quantitative estimate of drug-likeness (QED) is 0.253. The van der Waals surface area contributed by atoms with E-state index in [1.165, 1.54) is 19.1 Å². The van der Waals surface area contributed by atoms with Crippen molar-refractivity contribution in [3.8, 4) is 11.5 Å². The number of halogens is 3. The van der Waals surface area contributed by atoms with Crippen LogP contribution in [0.25, 0.3) is 6.08 Å². The Labute approximate surface area is 206 Å². The maximum absolute atomic E-state index is 13.0. The molecule has 0 bridgehead atoms. The lowest BCUT2D eigenvalue weighted by Crippen LogP contribution is -2.27. The van der Waals surface area contributed by atoms with E-state index in [0.717, 1.165) is 11.8 Å². The number of amides is 1. The third-order valence-electron chi connectivity index (χ3n) is 4.09. The fraction of sp³-hybridized carbons (Fsp3) is 0.150. The third kappa shape index (κ3) is 5.35. The van der Waals surface area contributed by atoms with Gasteiger partial charge in [-0.25, -0.2) is 4.79 Å². The Balaban J connectivity index is 1.91. The summed E-state index contributed by atoms with van der Waals surface area (Å²) in [5.41, 5.74) is 1.12. The van der Waals surface area contributed by atoms with Crippen LogP contribution >= 0.6 is 63.1 Å². The van der Waals surface area contributed by atoms with Crippen molar-refractivity contribution in [2.75, 3.05) is 25.7 Å². The Bertz CT molecular complexity index is 1110. The number of benzene rings is 2. The molecular weight excluding hydrogens is 549 g/mol. The van der Waals surface area contributed by atoms with Gasteiger partial charge >= 0.3 is 5.97 Å². The Morgan fingerprint density at radius 3 is 2.61 bits per heavy atom. The van der Waals surface area contributed by atoms with Crippen LogP contribution in [0.15, 0.2) is 39.7 Å². The van der Waals surface area contributed by atoms with E-state index in [9.17, 15) is 9.59 Å². The zero-order valence-electron chi connectivity index (χ0n) is 16.1. The van der Waals surface area contributed by atoms with Gasteiger partial charge in [0.15, 0.2) is 22.4 Å². The van der Waals surface area contributed by atoms with E-state index in [4.69, 9.17) is 44.9 Å². The zero-order valence-corrected chi connectivity index (χ0v) is 20.8. The van der Waals surface area contributed by atoms with Gasteiger partial charge in [-0.05, 0) is 42.0 Å². The molecule has 1 saturated heterocycles. The third-order valence-corrected chi connectivity index (χ3v) is 6.61. The summed E-state index contributed by atoms with van der Waals surface area (Å²) in [5, 5.41) is 0.778. The number of nitrogens with zero attached hydrogens (tertiary/aromatic N) is 1. The van der Waals surface area contributed by atoms with Crippen molar-refractivity contribution in [2.45, 2.75) is 0 Å². The monoisotopic (exact) mass is 561 g/mol. The summed E-state index contributed by atoms with van der Waals surface area (Å²) in [5.74, 6) is -0.102. The number of carbonyl (C=O) groups excluding carboxylic acids is 2. The number of hydrogen-bond acceptors (Lipinski definition) is 7. The van der Waals surface area contributed by atoms with Crippen molar-refractivity contribution in [1.82, 2.24) is 0 Å². The lowest BCUT2D eigenvalue weighted by atomic mass is 10.1. The smallest absolute Gasteiger partial charge is 0.343 e. The van der Waals surface area contributed by atoms with E-state index in [1.54, 1.807) is 36.4 Å². The predicted molar refractivity (Wildman–Crippen MR) is 130 cm³/mol. The van der Waals surface area contributed by atoms with Crippen molar-refractivity contribution in [3.63, 3.8) is 0 Å². The summed E-state index contributed by atoms with van der Waals surface area (Å²) in [6, 6.07) is 8.16. The summed E-state index contributed by atoms with van der Waals surface area (Å²) in [4.78, 5) is 26.1. The van der Waals surface area contributed by atoms with Crippen LogP contribution in [0.5, 0.6) is 11.5 Å². The molecule has 3 rings (SSSR count). The van der Waals surface area contributed by atoms with Crippen LogP contribution in [0.1, 0.15) is 5.56 Å². The standard InChI is InChI=1S/C20H14BrCl2NO5S2/c1-27-15-5-10(12(21)8-16(15)29-9-18(25)28-2)6-17-19(26)24(20(30)31-17)14-4-3-11(22)7-13(14)23/h3-8H,9H2,1-2H3/b17-6-. The molecule has 0 atom stereocenters. The molecule has 162 valence electrons. The Morgan fingerprint density at radius 2 is 1.97 bits per heavy atom. The van der Waals surface area contributed by atoms with Crippen LogP contribution < -0.4 is 14.4 Å². The minimum atomic E-state index is -0.521. The highest BCUT2D eigenvalue weighted by molar-refractivity contribution is 9.10. The molecule has 0 aromatic heterocycles. The van der Waals surface area contributed by atoms with Gasteiger partial charge in [0.25, 0.3) is 5.91 Å². The number of esters is 1. The van der Waals surface area contributed by atoms with Crippen LogP contribution in [0.2, 0.25) is 10.0 Å². The van der Waals surface area contributed by atoms with E-state index < -0.39 is 5.97 Å². The molecule has 2 aromatic carbocycles. The van der Waals surface area contributed by atoms with Gasteiger partial charge < -0.3 is 14.2 Å². The van der Waals surface area contributed by atoms with E-state index in [0.29, 0.717) is 46.5 Å². The van der Waals surface area contributed by atoms with Crippen molar-refractivity contribution in [1.29, 1.82) is 0 Å². The molecule has 2 aromatic rings. The summed E-state index contributed by atoms with van der Waals surface area (Å²) >= 11 is 22.2. The van der Waals surface area contributed by atoms with E-state index in [1.807, 2.05) is 0 Å². The first-order chi connectivity index (χ1) is 14.7. The molecule has 31 heavy (non-hydrogen) atoms. The van der Waals surface area contributed by atoms with Crippen molar-refractivity contribution in [3.05, 3.63) is 55.3 Å². The number of hydrogen-bond donors (Lipinski definition) is 0. The van der Waals surface area contributed by atoms with Gasteiger partial charge in [0.1, 0.15) is 0 Å². The van der Waals surface area contributed by atoms with Gasteiger partial charge in [-0.2, -0.15) is 0 Å². The lowest BCUT2D eigenvalue weighted by molar-refractivity contribution is -0.142. The van der Waals surface area contributed by atoms with Gasteiger partial charge in [-0.1, -0.05) is 63.1 Å². The van der Waals surface area contributed by atoms with Crippen LogP contribution in [-0.2, 0) is 14.3 Å². The molecule has 0 spiro atoms. The highest BCUT2D eigenvalue weighted by Gasteiger charge is 2.34. The lowest BCUT2D eigenvalue weighted by Gasteiger charge is -2.16. The second-order valence-electron chi connectivity index (χ2n) is 6.00. The second-order valence-corrected chi connectivity index (χ2v) is 9.38. The topological polar surface area (TPSA) is 65.1 Å². The number of methoxy groups -OCH3 is 2. The number of ether oxygens (including phenoxy) is 3. The zero-order chi connectivity index (χ0) is 22.7. The molecule has 1 aliphatic rings. The minimum absolute atomic E-state index is 0.265. The van der Waals surface area contributed by atoms with Crippen molar-refractivity contribution >= 4 is 91.1 Å². The molecule has 1 fully saturated rings. The summed E-state index contributed by atoms with van der Waals surface area (Å²) in [7, 11) is 2.75. The summed E-state index contributed by atoms with van der Waals surface area (Å²) in [6.45, 7) is -0.265. The normalized spacial score (nSPS) is 14.9. The molecule has 0 saturated carbocycles. The maximum Gasteiger partial charge on any atom is 0.343 e.